The summed E-state index contributed by atoms with van der Waals surface area (Å²) in [5.41, 5.74) is 6.47. The van der Waals surface area contributed by atoms with Crippen molar-refractivity contribution in [1.82, 2.24) is 10.2 Å². The van der Waals surface area contributed by atoms with Crippen molar-refractivity contribution in [3.8, 4) is 5.75 Å². The summed E-state index contributed by atoms with van der Waals surface area (Å²) in [4.78, 5) is 45.6. The zero-order valence-corrected chi connectivity index (χ0v) is 20.0. The van der Waals surface area contributed by atoms with E-state index in [-0.39, 0.29) is 24.0 Å². The first-order valence-corrected chi connectivity index (χ1v) is 10.9. The number of likely N-dealkylation sites (tertiary alicyclic amines) is 1. The van der Waals surface area contributed by atoms with Gasteiger partial charge in [-0.15, -0.1) is 0 Å². The monoisotopic (exact) mass is 499 g/mol. The van der Waals surface area contributed by atoms with Gasteiger partial charge in [-0.25, -0.2) is 9.59 Å². The van der Waals surface area contributed by atoms with Crippen LogP contribution in [0.15, 0.2) is 24.3 Å². The molecule has 11 nitrogen and oxygen atoms in total. The van der Waals surface area contributed by atoms with E-state index in [0.29, 0.717) is 53.9 Å². The van der Waals surface area contributed by atoms with E-state index in [1.807, 2.05) is 6.92 Å². The predicted molar refractivity (Wildman–Crippen MR) is 125 cm³/mol. The molecule has 1 fully saturated rings. The van der Waals surface area contributed by atoms with Crippen molar-refractivity contribution in [2.24, 2.45) is 0 Å². The number of carbonyl (C=O) groups is 4. The van der Waals surface area contributed by atoms with Crippen molar-refractivity contribution in [3.63, 3.8) is 0 Å². The number of benzene rings is 1. The number of rotatable bonds is 8. The number of carboxylic acids is 2. The second kappa shape index (κ2) is 14.1. The Bertz CT molecular complexity index is 898. The number of carbonyl (C=O) groups excluding carboxylic acids is 2. The molecule has 1 heterocycles. The molecule has 1 aromatic carbocycles. The Morgan fingerprint density at radius 2 is 1.76 bits per heavy atom. The SMILES string of the molecule is CCOC(=O)C(C)N1CCC(NC(=O)c2cc(Cl)c(N)cc2OC)CC1.O=C(O)/C=C/C(=O)O. The standard InChI is InChI=1S/C18H26ClN3O4.C4H4O4/c1-4-26-18(24)11(2)22-7-5-12(6-8-22)21-17(23)13-9-14(19)15(20)10-16(13)25-3;5-3(6)1-2-4(7)8/h9-12H,4-8,20H2,1-3H3,(H,21,23);1-2H,(H,5,6)(H,7,8)/b;2-1+. The summed E-state index contributed by atoms with van der Waals surface area (Å²) < 4.78 is 10.3. The number of esters is 1. The number of nitrogens with one attached hydrogen (secondary N) is 1. The number of nitrogen functional groups attached to an aromatic ring is 1. The van der Waals surface area contributed by atoms with Gasteiger partial charge in [0.05, 0.1) is 30.0 Å². The summed E-state index contributed by atoms with van der Waals surface area (Å²) in [5.74, 6) is -2.59. The van der Waals surface area contributed by atoms with Gasteiger partial charge in [0, 0.05) is 37.3 Å². The number of amides is 1. The molecule has 0 bridgehead atoms. The molecule has 1 aliphatic rings. The van der Waals surface area contributed by atoms with Crippen LogP contribution >= 0.6 is 11.6 Å². The maximum atomic E-state index is 12.6. The van der Waals surface area contributed by atoms with Crippen molar-refractivity contribution in [3.05, 3.63) is 34.9 Å². The number of nitrogens with zero attached hydrogens (tertiary/aromatic N) is 1. The minimum absolute atomic E-state index is 0.0224. The molecule has 1 aliphatic heterocycles. The van der Waals surface area contributed by atoms with Gasteiger partial charge in [-0.05, 0) is 32.8 Å². The van der Waals surface area contributed by atoms with Crippen molar-refractivity contribution in [2.45, 2.75) is 38.8 Å². The first kappa shape index (κ1) is 28.7. The predicted octanol–water partition coefficient (Wildman–Crippen LogP) is 1.79. The molecule has 1 saturated heterocycles. The number of halogens is 1. The Hall–Kier alpha value is -3.31. The lowest BCUT2D eigenvalue weighted by Gasteiger charge is -2.35. The number of ether oxygens (including phenoxy) is 2. The molecule has 0 spiro atoms. The minimum atomic E-state index is -1.26. The van der Waals surface area contributed by atoms with E-state index in [9.17, 15) is 19.2 Å². The van der Waals surface area contributed by atoms with Crippen molar-refractivity contribution in [1.29, 1.82) is 0 Å². The summed E-state index contributed by atoms with van der Waals surface area (Å²) in [6.07, 6.45) is 2.62. The number of piperidine rings is 1. The summed E-state index contributed by atoms with van der Waals surface area (Å²) >= 11 is 6.03. The van der Waals surface area contributed by atoms with Crippen LogP contribution in [0.25, 0.3) is 0 Å². The van der Waals surface area contributed by atoms with Gasteiger partial charge in [0.15, 0.2) is 0 Å². The third-order valence-electron chi connectivity index (χ3n) is 4.97. The van der Waals surface area contributed by atoms with Gasteiger partial charge in [-0.2, -0.15) is 0 Å². The normalized spacial score (nSPS) is 15.1. The Morgan fingerprint density at radius 1 is 1.21 bits per heavy atom. The maximum absolute atomic E-state index is 12.6. The van der Waals surface area contributed by atoms with Crippen LogP contribution in [0.5, 0.6) is 5.75 Å². The molecule has 1 amide bonds. The Balaban J connectivity index is 0.000000620. The van der Waals surface area contributed by atoms with E-state index in [0.717, 1.165) is 12.8 Å². The average molecular weight is 500 g/mol. The fourth-order valence-corrected chi connectivity index (χ4v) is 3.33. The molecular formula is C22H30ClN3O8. The fourth-order valence-electron chi connectivity index (χ4n) is 3.16. The number of hydrogen-bond acceptors (Lipinski definition) is 8. The largest absolute Gasteiger partial charge is 0.496 e. The summed E-state index contributed by atoms with van der Waals surface area (Å²) in [6, 6.07) is 2.81. The lowest BCUT2D eigenvalue weighted by Crippen LogP contribution is -2.49. The number of nitrogens with two attached hydrogens (primary N) is 1. The highest BCUT2D eigenvalue weighted by Gasteiger charge is 2.28. The van der Waals surface area contributed by atoms with Crippen LogP contribution in [0, 0.1) is 0 Å². The smallest absolute Gasteiger partial charge is 0.328 e. The van der Waals surface area contributed by atoms with E-state index >= 15 is 0 Å². The molecule has 0 radical (unpaired) electrons. The number of hydrogen-bond donors (Lipinski definition) is 4. The van der Waals surface area contributed by atoms with Crippen LogP contribution < -0.4 is 15.8 Å². The molecule has 2 rings (SSSR count). The summed E-state index contributed by atoms with van der Waals surface area (Å²) in [7, 11) is 1.48. The van der Waals surface area contributed by atoms with Gasteiger partial charge < -0.3 is 30.7 Å². The van der Waals surface area contributed by atoms with Gasteiger partial charge in [-0.1, -0.05) is 11.6 Å². The van der Waals surface area contributed by atoms with Crippen LogP contribution in [-0.4, -0.2) is 77.8 Å². The molecular weight excluding hydrogens is 470 g/mol. The highest BCUT2D eigenvalue weighted by Crippen LogP contribution is 2.29. The van der Waals surface area contributed by atoms with E-state index < -0.39 is 11.9 Å². The molecule has 0 aromatic heterocycles. The van der Waals surface area contributed by atoms with Crippen molar-refractivity contribution in [2.75, 3.05) is 32.5 Å². The third-order valence-corrected chi connectivity index (χ3v) is 5.30. The van der Waals surface area contributed by atoms with Crippen LogP contribution in [0.3, 0.4) is 0 Å². The molecule has 1 aromatic rings. The Morgan fingerprint density at radius 3 is 2.24 bits per heavy atom. The van der Waals surface area contributed by atoms with Gasteiger partial charge in [0.1, 0.15) is 11.8 Å². The number of anilines is 1. The maximum Gasteiger partial charge on any atom is 0.328 e. The Kier molecular flexibility index (Phi) is 11.9. The highest BCUT2D eigenvalue weighted by atomic mass is 35.5. The molecule has 1 atom stereocenters. The molecule has 34 heavy (non-hydrogen) atoms. The van der Waals surface area contributed by atoms with Crippen LogP contribution in [0.2, 0.25) is 5.02 Å². The lowest BCUT2D eigenvalue weighted by atomic mass is 10.0. The van der Waals surface area contributed by atoms with E-state index in [1.54, 1.807) is 13.0 Å². The fraction of sp³-hybridized carbons (Fsp3) is 0.455. The first-order chi connectivity index (χ1) is 16.0. The zero-order chi connectivity index (χ0) is 25.8. The molecule has 5 N–H and O–H groups in total. The van der Waals surface area contributed by atoms with Crippen LogP contribution in [-0.2, 0) is 19.1 Å². The van der Waals surface area contributed by atoms with Gasteiger partial charge in [0.25, 0.3) is 5.91 Å². The molecule has 0 saturated carbocycles. The van der Waals surface area contributed by atoms with Crippen LogP contribution in [0.4, 0.5) is 5.69 Å². The molecule has 12 heteroatoms. The Labute approximate surface area is 202 Å². The molecule has 0 aliphatic carbocycles. The van der Waals surface area contributed by atoms with E-state index in [2.05, 4.69) is 10.2 Å². The third kappa shape index (κ3) is 9.28. The molecule has 188 valence electrons. The van der Waals surface area contributed by atoms with Gasteiger partial charge in [-0.3, -0.25) is 14.5 Å². The minimum Gasteiger partial charge on any atom is -0.496 e. The topological polar surface area (TPSA) is 168 Å². The quantitative estimate of drug-likeness (QED) is 0.235. The van der Waals surface area contributed by atoms with Gasteiger partial charge >= 0.3 is 17.9 Å². The highest BCUT2D eigenvalue weighted by molar-refractivity contribution is 6.33. The van der Waals surface area contributed by atoms with Gasteiger partial charge in [0.2, 0.25) is 0 Å². The second-order valence-electron chi connectivity index (χ2n) is 7.30. The lowest BCUT2D eigenvalue weighted by molar-refractivity contribution is -0.149. The zero-order valence-electron chi connectivity index (χ0n) is 19.2. The first-order valence-electron chi connectivity index (χ1n) is 10.5. The number of aliphatic carboxylic acids is 2. The average Bonchev–Trinajstić information content (AvgIpc) is 2.79. The second-order valence-corrected chi connectivity index (χ2v) is 7.70. The van der Waals surface area contributed by atoms with Crippen molar-refractivity contribution >= 4 is 41.1 Å². The number of carboxylic acid groups (broad SMARTS) is 2. The number of methoxy groups -OCH3 is 1. The van der Waals surface area contributed by atoms with E-state index in [4.69, 9.17) is 37.0 Å². The summed E-state index contributed by atoms with van der Waals surface area (Å²) in [6.45, 7) is 5.44. The van der Waals surface area contributed by atoms with E-state index in [1.165, 1.54) is 13.2 Å². The van der Waals surface area contributed by atoms with Crippen LogP contribution in [0.1, 0.15) is 37.0 Å². The molecule has 1 unspecified atom stereocenters. The van der Waals surface area contributed by atoms with Crippen molar-refractivity contribution < 1.29 is 38.9 Å². The summed E-state index contributed by atoms with van der Waals surface area (Å²) in [5, 5.41) is 18.9.